The summed E-state index contributed by atoms with van der Waals surface area (Å²) >= 11 is 6.01. The Morgan fingerprint density at radius 1 is 1.50 bits per heavy atom. The molecule has 98 valence electrons. The predicted molar refractivity (Wildman–Crippen MR) is 69.9 cm³/mol. The molecule has 0 aliphatic rings. The van der Waals surface area contributed by atoms with Crippen LogP contribution >= 0.6 is 11.6 Å². The molecule has 0 heterocycles. The fourth-order valence-electron chi connectivity index (χ4n) is 1.29. The van der Waals surface area contributed by atoms with E-state index in [0.717, 1.165) is 0 Å². The summed E-state index contributed by atoms with van der Waals surface area (Å²) in [5.41, 5.74) is 0.158. The Hall–Kier alpha value is -1.62. The molecule has 1 N–H and O–H groups in total. The largest absolute Gasteiger partial charge is 0.351 e. The van der Waals surface area contributed by atoms with Crippen molar-refractivity contribution < 1.29 is 9.72 Å². The number of amides is 1. The van der Waals surface area contributed by atoms with Crippen molar-refractivity contribution >= 4 is 23.2 Å². The minimum absolute atomic E-state index is 0.103. The number of carbonyl (C=O) groups is 1. The molecule has 0 fully saturated rings. The zero-order valence-corrected chi connectivity index (χ0v) is 11.0. The van der Waals surface area contributed by atoms with Gasteiger partial charge in [0, 0.05) is 24.2 Å². The van der Waals surface area contributed by atoms with Crippen molar-refractivity contribution in [1.29, 1.82) is 0 Å². The van der Waals surface area contributed by atoms with Crippen molar-refractivity contribution in [1.82, 2.24) is 5.32 Å². The van der Waals surface area contributed by atoms with Gasteiger partial charge in [-0.2, -0.15) is 0 Å². The molecule has 18 heavy (non-hydrogen) atoms. The molecule has 1 aromatic rings. The summed E-state index contributed by atoms with van der Waals surface area (Å²) in [4.78, 5) is 21.8. The fourth-order valence-corrected chi connectivity index (χ4v) is 1.37. The molecule has 6 heteroatoms. The number of non-ortho nitro benzene ring substituents is 1. The molecule has 0 aliphatic carbocycles. The van der Waals surface area contributed by atoms with Crippen LogP contribution in [0.2, 0.25) is 0 Å². The summed E-state index contributed by atoms with van der Waals surface area (Å²) in [5.74, 6) is -0.109. The van der Waals surface area contributed by atoms with E-state index in [1.54, 1.807) is 0 Å². The first-order valence-corrected chi connectivity index (χ1v) is 6.02. The van der Waals surface area contributed by atoms with Crippen LogP contribution in [0.3, 0.4) is 0 Å². The molecule has 1 amide bonds. The minimum Gasteiger partial charge on any atom is -0.351 e. The predicted octanol–water partition coefficient (Wildman–Crippen LogP) is 2.59. The Bertz CT molecular complexity index is 449. The van der Waals surface area contributed by atoms with Crippen LogP contribution in [0.4, 0.5) is 5.69 Å². The smallest absolute Gasteiger partial charge is 0.270 e. The van der Waals surface area contributed by atoms with Crippen LogP contribution in [-0.2, 0) is 0 Å². The maximum Gasteiger partial charge on any atom is 0.270 e. The van der Waals surface area contributed by atoms with Gasteiger partial charge in [0.25, 0.3) is 11.6 Å². The van der Waals surface area contributed by atoms with E-state index >= 15 is 0 Å². The highest BCUT2D eigenvalue weighted by Crippen LogP contribution is 2.13. The average molecular weight is 271 g/mol. The zero-order chi connectivity index (χ0) is 13.7. The van der Waals surface area contributed by atoms with Crippen molar-refractivity contribution in [2.45, 2.75) is 19.2 Å². The van der Waals surface area contributed by atoms with Crippen LogP contribution < -0.4 is 5.32 Å². The van der Waals surface area contributed by atoms with Gasteiger partial charge in [-0.05, 0) is 12.0 Å². The molecular formula is C12H15ClN2O3. The minimum atomic E-state index is -0.532. The van der Waals surface area contributed by atoms with Gasteiger partial charge in [-0.15, -0.1) is 11.6 Å². The van der Waals surface area contributed by atoms with Crippen LogP contribution in [-0.4, -0.2) is 22.8 Å². The number of nitrogens with zero attached hydrogens (tertiary/aromatic N) is 1. The number of halogens is 1. The van der Waals surface area contributed by atoms with Crippen molar-refractivity contribution in [2.75, 3.05) is 6.54 Å². The van der Waals surface area contributed by atoms with E-state index in [0.29, 0.717) is 6.54 Å². The molecule has 5 nitrogen and oxygen atoms in total. The lowest BCUT2D eigenvalue weighted by atomic mass is 10.1. The number of benzene rings is 1. The van der Waals surface area contributed by atoms with Gasteiger partial charge >= 0.3 is 0 Å². The van der Waals surface area contributed by atoms with Crippen LogP contribution in [0.25, 0.3) is 0 Å². The lowest BCUT2D eigenvalue weighted by Crippen LogP contribution is -2.31. The molecule has 1 rings (SSSR count). The van der Waals surface area contributed by atoms with Crippen LogP contribution in [0.1, 0.15) is 24.2 Å². The first-order valence-electron chi connectivity index (χ1n) is 5.58. The zero-order valence-electron chi connectivity index (χ0n) is 10.2. The van der Waals surface area contributed by atoms with Gasteiger partial charge in [-0.25, -0.2) is 0 Å². The van der Waals surface area contributed by atoms with E-state index in [9.17, 15) is 14.9 Å². The summed E-state index contributed by atoms with van der Waals surface area (Å²) < 4.78 is 0. The maximum absolute atomic E-state index is 11.8. The highest BCUT2D eigenvalue weighted by molar-refractivity contribution is 6.21. The number of hydrogen-bond acceptors (Lipinski definition) is 3. The summed E-state index contributed by atoms with van der Waals surface area (Å²) in [6.07, 6.45) is 0. The topological polar surface area (TPSA) is 72.2 Å². The second-order valence-corrected chi connectivity index (χ2v) is 4.84. The third-order valence-electron chi connectivity index (χ3n) is 2.50. The van der Waals surface area contributed by atoms with Crippen LogP contribution in [0, 0.1) is 16.0 Å². The first kappa shape index (κ1) is 14.4. The molecule has 0 radical (unpaired) electrons. The molecule has 0 bridgehead atoms. The van der Waals surface area contributed by atoms with Gasteiger partial charge in [0.2, 0.25) is 0 Å². The quantitative estimate of drug-likeness (QED) is 0.508. The highest BCUT2D eigenvalue weighted by Gasteiger charge is 2.14. The number of rotatable bonds is 5. The molecule has 0 spiro atoms. The van der Waals surface area contributed by atoms with Crippen molar-refractivity contribution in [2.24, 2.45) is 5.92 Å². The van der Waals surface area contributed by atoms with Gasteiger partial charge in [0.05, 0.1) is 10.3 Å². The third kappa shape index (κ3) is 4.00. The lowest BCUT2D eigenvalue weighted by Gasteiger charge is -2.13. The normalized spacial score (nSPS) is 12.2. The van der Waals surface area contributed by atoms with Crippen molar-refractivity contribution in [3.05, 3.63) is 39.9 Å². The number of nitrogens with one attached hydrogen (secondary N) is 1. The van der Waals surface area contributed by atoms with Gasteiger partial charge in [-0.3, -0.25) is 14.9 Å². The van der Waals surface area contributed by atoms with Gasteiger partial charge < -0.3 is 5.32 Å². The number of nitro benzene ring substituents is 1. The van der Waals surface area contributed by atoms with E-state index < -0.39 is 4.92 Å². The molecular weight excluding hydrogens is 256 g/mol. The molecule has 0 aromatic heterocycles. The molecule has 1 atom stereocenters. The molecule has 0 saturated heterocycles. The molecule has 1 unspecified atom stereocenters. The Balaban J connectivity index is 2.67. The molecule has 1 aromatic carbocycles. The van der Waals surface area contributed by atoms with Gasteiger partial charge in [-0.1, -0.05) is 19.9 Å². The Morgan fingerprint density at radius 3 is 2.72 bits per heavy atom. The summed E-state index contributed by atoms with van der Waals surface area (Å²) in [6, 6.07) is 5.60. The molecule has 0 aliphatic heterocycles. The van der Waals surface area contributed by atoms with Gasteiger partial charge in [0.15, 0.2) is 0 Å². The summed E-state index contributed by atoms with van der Waals surface area (Å²) in [5, 5.41) is 13.1. The number of carbonyl (C=O) groups excluding carboxylic acids is 1. The Labute approximate surface area is 110 Å². The monoisotopic (exact) mass is 270 g/mol. The van der Waals surface area contributed by atoms with E-state index in [1.165, 1.54) is 24.3 Å². The van der Waals surface area contributed by atoms with Gasteiger partial charge in [0.1, 0.15) is 0 Å². The second-order valence-electron chi connectivity index (χ2n) is 4.28. The second kappa shape index (κ2) is 6.35. The lowest BCUT2D eigenvalue weighted by molar-refractivity contribution is -0.384. The fraction of sp³-hybridized carbons (Fsp3) is 0.417. The van der Waals surface area contributed by atoms with Crippen molar-refractivity contribution in [3.63, 3.8) is 0 Å². The highest BCUT2D eigenvalue weighted by atomic mass is 35.5. The Morgan fingerprint density at radius 2 is 2.17 bits per heavy atom. The maximum atomic E-state index is 11.8. The van der Waals surface area contributed by atoms with E-state index in [2.05, 4.69) is 5.32 Å². The van der Waals surface area contributed by atoms with Crippen molar-refractivity contribution in [3.8, 4) is 0 Å². The number of alkyl halides is 1. The number of hydrogen-bond donors (Lipinski definition) is 1. The van der Waals surface area contributed by atoms with E-state index in [4.69, 9.17) is 11.6 Å². The van der Waals surface area contributed by atoms with E-state index in [1.807, 2.05) is 13.8 Å². The average Bonchev–Trinajstić information content (AvgIpc) is 2.35. The summed E-state index contributed by atoms with van der Waals surface area (Å²) in [7, 11) is 0. The Kier molecular flexibility index (Phi) is 5.09. The summed E-state index contributed by atoms with van der Waals surface area (Å²) in [6.45, 7) is 4.25. The first-order chi connectivity index (χ1) is 8.41. The number of nitro groups is 1. The molecule has 0 saturated carbocycles. The van der Waals surface area contributed by atoms with E-state index in [-0.39, 0.29) is 28.5 Å². The van der Waals surface area contributed by atoms with Crippen LogP contribution in [0.5, 0.6) is 0 Å². The standard InChI is InChI=1S/C12H15ClN2O3/c1-8(2)11(13)7-14-12(16)9-4-3-5-10(6-9)15(17)18/h3-6,8,11H,7H2,1-2H3,(H,14,16). The third-order valence-corrected chi connectivity index (χ3v) is 3.16. The SMILES string of the molecule is CC(C)C(Cl)CNC(=O)c1cccc([N+](=O)[O-])c1. The van der Waals surface area contributed by atoms with Crippen LogP contribution in [0.15, 0.2) is 24.3 Å².